The molecule has 25 heavy (non-hydrogen) atoms. The van der Waals surface area contributed by atoms with Crippen molar-refractivity contribution in [1.29, 1.82) is 0 Å². The zero-order chi connectivity index (χ0) is 18.0. The Labute approximate surface area is 144 Å². The normalized spacial score (nSPS) is 11.5. The van der Waals surface area contributed by atoms with Gasteiger partial charge in [0.15, 0.2) is 5.65 Å². The highest BCUT2D eigenvalue weighted by atomic mass is 16.5. The van der Waals surface area contributed by atoms with Crippen LogP contribution in [-0.4, -0.2) is 26.2 Å². The Bertz CT molecular complexity index is 1060. The summed E-state index contributed by atoms with van der Waals surface area (Å²) >= 11 is 0. The van der Waals surface area contributed by atoms with Crippen LogP contribution >= 0.6 is 0 Å². The lowest BCUT2D eigenvalue weighted by Crippen LogP contribution is -2.39. The molecule has 0 aliphatic heterocycles. The summed E-state index contributed by atoms with van der Waals surface area (Å²) in [5.74, 6) is 1.25. The number of imidazole rings is 1. The van der Waals surface area contributed by atoms with Crippen LogP contribution in [0.1, 0.15) is 25.2 Å². The molecule has 2 heterocycles. The van der Waals surface area contributed by atoms with Gasteiger partial charge in [-0.15, -0.1) is 0 Å². The Balaban J connectivity index is 2.13. The van der Waals surface area contributed by atoms with Crippen LogP contribution in [-0.2, 0) is 13.1 Å². The molecule has 7 heteroatoms. The molecule has 2 aromatic heterocycles. The summed E-state index contributed by atoms with van der Waals surface area (Å²) in [5.41, 5.74) is 0.917. The molecule has 0 unspecified atom stereocenters. The maximum atomic E-state index is 12.5. The third-order valence-corrected chi connectivity index (χ3v) is 4.07. The topological polar surface area (TPSA) is 81.9 Å². The Morgan fingerprint density at radius 3 is 2.52 bits per heavy atom. The standard InChI is InChI=1S/C18H20N4O3/c1-4-21-16-15(17(23)22(5-2)18(21)24)19-14(20-16)11-10-12-8-6-7-9-13(12)25-3/h6-11H,4-5H2,1-3H3,(H,19,20). The fourth-order valence-electron chi connectivity index (χ4n) is 2.80. The van der Waals surface area contributed by atoms with E-state index in [1.54, 1.807) is 20.1 Å². The average Bonchev–Trinajstić information content (AvgIpc) is 3.05. The average molecular weight is 340 g/mol. The molecule has 0 spiro atoms. The number of H-pyrrole nitrogens is 1. The van der Waals surface area contributed by atoms with Gasteiger partial charge in [-0.1, -0.05) is 18.2 Å². The number of nitrogens with one attached hydrogen (secondary N) is 1. The number of benzene rings is 1. The second-order valence-electron chi connectivity index (χ2n) is 5.47. The maximum Gasteiger partial charge on any atom is 0.332 e. The molecule has 0 bridgehead atoms. The van der Waals surface area contributed by atoms with Crippen LogP contribution in [0.15, 0.2) is 33.9 Å². The number of para-hydroxylation sites is 1. The zero-order valence-electron chi connectivity index (χ0n) is 14.4. The van der Waals surface area contributed by atoms with E-state index in [1.165, 1.54) is 9.13 Å². The Kier molecular flexibility index (Phi) is 4.56. The lowest BCUT2D eigenvalue weighted by molar-refractivity contribution is 0.414. The number of nitrogens with zero attached hydrogens (tertiary/aromatic N) is 3. The number of aromatic amines is 1. The molecule has 3 rings (SSSR count). The third kappa shape index (κ3) is 2.88. The molecule has 0 saturated carbocycles. The van der Waals surface area contributed by atoms with Gasteiger partial charge in [0.25, 0.3) is 5.56 Å². The van der Waals surface area contributed by atoms with Crippen molar-refractivity contribution in [2.24, 2.45) is 0 Å². The predicted octanol–water partition coefficient (Wildman–Crippen LogP) is 2.11. The van der Waals surface area contributed by atoms with Crippen molar-refractivity contribution in [2.45, 2.75) is 26.9 Å². The number of aromatic nitrogens is 4. The third-order valence-electron chi connectivity index (χ3n) is 4.07. The van der Waals surface area contributed by atoms with Gasteiger partial charge >= 0.3 is 5.69 Å². The lowest BCUT2D eigenvalue weighted by Gasteiger charge is -2.06. The number of aryl methyl sites for hydroxylation is 1. The zero-order valence-corrected chi connectivity index (χ0v) is 14.4. The van der Waals surface area contributed by atoms with E-state index in [4.69, 9.17) is 4.74 Å². The highest BCUT2D eigenvalue weighted by Gasteiger charge is 2.14. The number of fused-ring (bicyclic) bond motifs is 1. The highest BCUT2D eigenvalue weighted by Crippen LogP contribution is 2.19. The molecule has 0 aliphatic carbocycles. The summed E-state index contributed by atoms with van der Waals surface area (Å²) in [6.45, 7) is 4.38. The van der Waals surface area contributed by atoms with Crippen LogP contribution in [0.2, 0.25) is 0 Å². The number of hydrogen-bond acceptors (Lipinski definition) is 4. The van der Waals surface area contributed by atoms with Crippen molar-refractivity contribution >= 4 is 23.3 Å². The van der Waals surface area contributed by atoms with Crippen LogP contribution in [0.4, 0.5) is 0 Å². The van der Waals surface area contributed by atoms with Crippen LogP contribution in [0.5, 0.6) is 5.75 Å². The van der Waals surface area contributed by atoms with Gasteiger partial charge in [-0.25, -0.2) is 9.78 Å². The second-order valence-corrected chi connectivity index (χ2v) is 5.47. The summed E-state index contributed by atoms with van der Waals surface area (Å²) in [5, 5.41) is 0. The van der Waals surface area contributed by atoms with E-state index in [0.717, 1.165) is 11.3 Å². The van der Waals surface area contributed by atoms with Gasteiger partial charge in [0.1, 0.15) is 17.1 Å². The molecule has 1 aromatic carbocycles. The smallest absolute Gasteiger partial charge is 0.332 e. The van der Waals surface area contributed by atoms with Crippen LogP contribution in [0.25, 0.3) is 23.3 Å². The Morgan fingerprint density at radius 2 is 1.84 bits per heavy atom. The molecular formula is C18H20N4O3. The van der Waals surface area contributed by atoms with Crippen LogP contribution in [0, 0.1) is 0 Å². The van der Waals surface area contributed by atoms with E-state index in [-0.39, 0.29) is 11.2 Å². The van der Waals surface area contributed by atoms with Gasteiger partial charge in [0, 0.05) is 18.7 Å². The van der Waals surface area contributed by atoms with E-state index < -0.39 is 0 Å². The summed E-state index contributed by atoms with van der Waals surface area (Å²) in [7, 11) is 1.61. The summed E-state index contributed by atoms with van der Waals surface area (Å²) in [6.07, 6.45) is 3.61. The molecule has 130 valence electrons. The number of methoxy groups -OCH3 is 1. The summed E-state index contributed by atoms with van der Waals surface area (Å²) in [6, 6.07) is 7.59. The first-order valence-electron chi connectivity index (χ1n) is 8.15. The van der Waals surface area contributed by atoms with Crippen LogP contribution < -0.4 is 16.0 Å². The number of hydrogen-bond donors (Lipinski definition) is 1. The van der Waals surface area contributed by atoms with Crippen molar-refractivity contribution < 1.29 is 4.74 Å². The second kappa shape index (κ2) is 6.80. The van der Waals surface area contributed by atoms with E-state index in [2.05, 4.69) is 9.97 Å². The van der Waals surface area contributed by atoms with Gasteiger partial charge < -0.3 is 9.72 Å². The van der Waals surface area contributed by atoms with E-state index >= 15 is 0 Å². The minimum Gasteiger partial charge on any atom is -0.496 e. The monoisotopic (exact) mass is 340 g/mol. The first-order chi connectivity index (χ1) is 12.1. The van der Waals surface area contributed by atoms with Gasteiger partial charge in [0.05, 0.1) is 7.11 Å². The molecule has 1 N–H and O–H groups in total. The minimum absolute atomic E-state index is 0.318. The van der Waals surface area contributed by atoms with Crippen molar-refractivity contribution in [3.8, 4) is 5.75 Å². The molecule has 0 saturated heterocycles. The van der Waals surface area contributed by atoms with Gasteiger partial charge in [-0.05, 0) is 32.1 Å². The molecule has 0 amide bonds. The van der Waals surface area contributed by atoms with E-state index in [0.29, 0.717) is 30.1 Å². The van der Waals surface area contributed by atoms with E-state index in [9.17, 15) is 9.59 Å². The summed E-state index contributed by atoms with van der Waals surface area (Å²) < 4.78 is 8.02. The van der Waals surface area contributed by atoms with E-state index in [1.807, 2.05) is 37.3 Å². The quantitative estimate of drug-likeness (QED) is 0.771. The molecule has 0 radical (unpaired) electrons. The molecule has 3 aromatic rings. The maximum absolute atomic E-state index is 12.5. The van der Waals surface area contributed by atoms with Gasteiger partial charge in [-0.3, -0.25) is 13.9 Å². The van der Waals surface area contributed by atoms with Crippen molar-refractivity contribution in [1.82, 2.24) is 19.1 Å². The molecular weight excluding hydrogens is 320 g/mol. The van der Waals surface area contributed by atoms with Crippen molar-refractivity contribution in [3.05, 3.63) is 56.5 Å². The van der Waals surface area contributed by atoms with Crippen molar-refractivity contribution in [3.63, 3.8) is 0 Å². The lowest BCUT2D eigenvalue weighted by atomic mass is 10.2. The van der Waals surface area contributed by atoms with Gasteiger partial charge in [-0.2, -0.15) is 0 Å². The molecule has 7 nitrogen and oxygen atoms in total. The minimum atomic E-state index is -0.350. The Morgan fingerprint density at radius 1 is 1.12 bits per heavy atom. The number of rotatable bonds is 5. The highest BCUT2D eigenvalue weighted by molar-refractivity contribution is 5.76. The first kappa shape index (κ1) is 16.8. The molecule has 0 atom stereocenters. The largest absolute Gasteiger partial charge is 0.496 e. The predicted molar refractivity (Wildman–Crippen MR) is 97.9 cm³/mol. The Hall–Kier alpha value is -3.09. The fourth-order valence-corrected chi connectivity index (χ4v) is 2.80. The number of ether oxygens (including phenoxy) is 1. The molecule has 0 fully saturated rings. The molecule has 0 aliphatic rings. The fraction of sp³-hybridized carbons (Fsp3) is 0.278. The van der Waals surface area contributed by atoms with Crippen LogP contribution in [0.3, 0.4) is 0 Å². The summed E-state index contributed by atoms with van der Waals surface area (Å²) in [4.78, 5) is 32.3. The van der Waals surface area contributed by atoms with Crippen molar-refractivity contribution in [2.75, 3.05) is 7.11 Å². The SMILES string of the molecule is CCn1c(=O)c2[nH]c(C=Cc3ccccc3OC)nc2n(CC)c1=O. The first-order valence-corrected chi connectivity index (χ1v) is 8.15. The van der Waals surface area contributed by atoms with Gasteiger partial charge in [0.2, 0.25) is 0 Å².